The number of nitrogens with zero attached hydrogens (tertiary/aromatic N) is 1. The van der Waals surface area contributed by atoms with E-state index < -0.39 is 15.8 Å². The van der Waals surface area contributed by atoms with Crippen LogP contribution in [0.1, 0.15) is 10.4 Å². The maximum atomic E-state index is 11.3. The van der Waals surface area contributed by atoms with Crippen molar-refractivity contribution in [2.75, 3.05) is 24.6 Å². The average Bonchev–Trinajstić information content (AvgIpc) is 2.77. The quantitative estimate of drug-likeness (QED) is 0.842. The molecule has 1 aliphatic rings. The van der Waals surface area contributed by atoms with E-state index in [0.717, 1.165) is 16.5 Å². The Morgan fingerprint density at radius 3 is 2.74 bits per heavy atom. The normalized spacial score (nSPS) is 19.8. The van der Waals surface area contributed by atoms with Gasteiger partial charge in [-0.1, -0.05) is 0 Å². The molecule has 1 fully saturated rings. The minimum absolute atomic E-state index is 0.207. The van der Waals surface area contributed by atoms with Crippen molar-refractivity contribution in [3.63, 3.8) is 0 Å². The Morgan fingerprint density at radius 2 is 2.11 bits per heavy atom. The maximum absolute atomic E-state index is 11.3. The van der Waals surface area contributed by atoms with Crippen LogP contribution in [0.3, 0.4) is 0 Å². The molecule has 0 amide bonds. The Labute approximate surface area is 116 Å². The van der Waals surface area contributed by atoms with Gasteiger partial charge in [0.25, 0.3) is 0 Å². The summed E-state index contributed by atoms with van der Waals surface area (Å²) in [5.41, 5.74) is 0.890. The first-order valence-electron chi connectivity index (χ1n) is 5.86. The molecule has 1 aromatic heterocycles. The summed E-state index contributed by atoms with van der Waals surface area (Å²) in [6, 6.07) is 1.88. The smallest absolute Gasteiger partial charge is 0.328 e. The Hall–Kier alpha value is -1.18. The van der Waals surface area contributed by atoms with E-state index in [4.69, 9.17) is 5.11 Å². The number of carboxylic acid groups (broad SMARTS) is 1. The van der Waals surface area contributed by atoms with E-state index >= 15 is 0 Å². The summed E-state index contributed by atoms with van der Waals surface area (Å²) in [6.45, 7) is 1.76. The molecule has 104 valence electrons. The molecule has 0 saturated carbocycles. The Morgan fingerprint density at radius 1 is 1.42 bits per heavy atom. The van der Waals surface area contributed by atoms with Crippen molar-refractivity contribution < 1.29 is 18.3 Å². The van der Waals surface area contributed by atoms with Crippen LogP contribution in [0.15, 0.2) is 17.5 Å². The number of thiophene rings is 1. The summed E-state index contributed by atoms with van der Waals surface area (Å²) >= 11 is 1.56. The van der Waals surface area contributed by atoms with Crippen LogP contribution < -0.4 is 0 Å². The zero-order valence-electron chi connectivity index (χ0n) is 10.3. The molecule has 1 aromatic rings. The van der Waals surface area contributed by atoms with Gasteiger partial charge < -0.3 is 5.11 Å². The Bertz CT molecular complexity index is 575. The number of hydrogen-bond donors (Lipinski definition) is 1. The van der Waals surface area contributed by atoms with E-state index in [1.165, 1.54) is 0 Å². The minimum Gasteiger partial charge on any atom is -0.478 e. The summed E-state index contributed by atoms with van der Waals surface area (Å²) in [6.07, 6.45) is 2.70. The van der Waals surface area contributed by atoms with E-state index in [1.807, 2.05) is 11.4 Å². The molecule has 0 bridgehead atoms. The molecule has 0 unspecified atom stereocenters. The van der Waals surface area contributed by atoms with Gasteiger partial charge in [0.2, 0.25) is 0 Å². The average molecular weight is 301 g/mol. The highest BCUT2D eigenvalue weighted by atomic mass is 32.2. The van der Waals surface area contributed by atoms with Crippen molar-refractivity contribution >= 4 is 33.2 Å². The zero-order chi connectivity index (χ0) is 13.9. The van der Waals surface area contributed by atoms with Crippen molar-refractivity contribution in [2.24, 2.45) is 0 Å². The maximum Gasteiger partial charge on any atom is 0.328 e. The SMILES string of the molecule is O=C(O)C=Cc1ccsc1CN1CCS(=O)(=O)CC1. The van der Waals surface area contributed by atoms with Crippen LogP contribution in [-0.4, -0.2) is 49.0 Å². The third kappa shape index (κ3) is 4.15. The van der Waals surface area contributed by atoms with E-state index in [1.54, 1.807) is 17.4 Å². The molecular weight excluding hydrogens is 286 g/mol. The second-order valence-electron chi connectivity index (χ2n) is 4.40. The van der Waals surface area contributed by atoms with Crippen molar-refractivity contribution in [2.45, 2.75) is 6.54 Å². The van der Waals surface area contributed by atoms with Gasteiger partial charge in [-0.3, -0.25) is 4.90 Å². The lowest BCUT2D eigenvalue weighted by molar-refractivity contribution is -0.131. The predicted octanol–water partition coefficient (Wildman–Crippen LogP) is 1.08. The summed E-state index contributed by atoms with van der Waals surface area (Å²) < 4.78 is 22.7. The highest BCUT2D eigenvalue weighted by molar-refractivity contribution is 7.91. The Balaban J connectivity index is 2.00. The first-order valence-corrected chi connectivity index (χ1v) is 8.56. The zero-order valence-corrected chi connectivity index (χ0v) is 11.9. The van der Waals surface area contributed by atoms with Gasteiger partial charge in [-0.05, 0) is 23.1 Å². The topological polar surface area (TPSA) is 74.7 Å². The van der Waals surface area contributed by atoms with E-state index in [0.29, 0.717) is 19.6 Å². The lowest BCUT2D eigenvalue weighted by atomic mass is 10.2. The minimum atomic E-state index is -2.86. The molecule has 0 aliphatic carbocycles. The van der Waals surface area contributed by atoms with Crippen molar-refractivity contribution in [3.05, 3.63) is 28.0 Å². The van der Waals surface area contributed by atoms with Crippen LogP contribution >= 0.6 is 11.3 Å². The molecule has 2 rings (SSSR count). The van der Waals surface area contributed by atoms with Crippen LogP contribution in [0, 0.1) is 0 Å². The lowest BCUT2D eigenvalue weighted by Crippen LogP contribution is -2.39. The first-order chi connectivity index (χ1) is 8.96. The van der Waals surface area contributed by atoms with Gasteiger partial charge in [-0.15, -0.1) is 11.3 Å². The molecule has 5 nitrogen and oxygen atoms in total. The second-order valence-corrected chi connectivity index (χ2v) is 7.70. The highest BCUT2D eigenvalue weighted by Gasteiger charge is 2.22. The molecule has 7 heteroatoms. The van der Waals surface area contributed by atoms with Crippen molar-refractivity contribution in [1.29, 1.82) is 0 Å². The molecular formula is C12H15NO4S2. The number of hydrogen-bond acceptors (Lipinski definition) is 5. The van der Waals surface area contributed by atoms with Crippen LogP contribution in [-0.2, 0) is 21.2 Å². The van der Waals surface area contributed by atoms with Gasteiger partial charge in [0, 0.05) is 30.6 Å². The van der Waals surface area contributed by atoms with E-state index in [9.17, 15) is 13.2 Å². The number of carbonyl (C=O) groups is 1. The first kappa shape index (κ1) is 14.2. The predicted molar refractivity (Wildman–Crippen MR) is 74.9 cm³/mol. The molecule has 0 atom stereocenters. The standard InChI is InChI=1S/C12H15NO4S2/c14-12(15)2-1-10-3-6-18-11(10)9-13-4-7-19(16,17)8-5-13/h1-3,6H,4-5,7-9H2,(H,14,15). The molecule has 0 radical (unpaired) electrons. The lowest BCUT2D eigenvalue weighted by Gasteiger charge is -2.26. The van der Waals surface area contributed by atoms with Gasteiger partial charge in [0.15, 0.2) is 9.84 Å². The van der Waals surface area contributed by atoms with Crippen LogP contribution in [0.4, 0.5) is 0 Å². The fraction of sp³-hybridized carbons (Fsp3) is 0.417. The molecule has 1 saturated heterocycles. The number of carboxylic acids is 1. The third-order valence-corrected chi connectivity index (χ3v) is 5.52. The molecule has 0 spiro atoms. The summed E-state index contributed by atoms with van der Waals surface area (Å²) in [5, 5.41) is 10.5. The molecule has 19 heavy (non-hydrogen) atoms. The summed E-state index contributed by atoms with van der Waals surface area (Å²) in [4.78, 5) is 13.7. The highest BCUT2D eigenvalue weighted by Crippen LogP contribution is 2.21. The van der Waals surface area contributed by atoms with E-state index in [2.05, 4.69) is 4.90 Å². The van der Waals surface area contributed by atoms with Gasteiger partial charge in [0.05, 0.1) is 11.5 Å². The number of sulfone groups is 1. The van der Waals surface area contributed by atoms with Crippen LogP contribution in [0.25, 0.3) is 6.08 Å². The van der Waals surface area contributed by atoms with Gasteiger partial charge in [-0.2, -0.15) is 0 Å². The fourth-order valence-electron chi connectivity index (χ4n) is 1.90. The fourth-order valence-corrected chi connectivity index (χ4v) is 4.09. The van der Waals surface area contributed by atoms with Crippen LogP contribution in [0.5, 0.6) is 0 Å². The second kappa shape index (κ2) is 5.85. The largest absolute Gasteiger partial charge is 0.478 e. The third-order valence-electron chi connectivity index (χ3n) is 2.99. The van der Waals surface area contributed by atoms with Gasteiger partial charge >= 0.3 is 5.97 Å². The van der Waals surface area contributed by atoms with Gasteiger partial charge in [0.1, 0.15) is 0 Å². The number of aliphatic carboxylic acids is 1. The molecule has 2 heterocycles. The van der Waals surface area contributed by atoms with Gasteiger partial charge in [-0.25, -0.2) is 13.2 Å². The summed E-state index contributed by atoms with van der Waals surface area (Å²) in [7, 11) is -2.86. The van der Waals surface area contributed by atoms with Crippen molar-refractivity contribution in [1.82, 2.24) is 4.90 Å². The number of rotatable bonds is 4. The van der Waals surface area contributed by atoms with E-state index in [-0.39, 0.29) is 11.5 Å². The Kier molecular flexibility index (Phi) is 4.38. The molecule has 1 aliphatic heterocycles. The van der Waals surface area contributed by atoms with Crippen LogP contribution in [0.2, 0.25) is 0 Å². The molecule has 0 aromatic carbocycles. The molecule has 1 N–H and O–H groups in total. The monoisotopic (exact) mass is 301 g/mol. The summed E-state index contributed by atoms with van der Waals surface area (Å²) in [5.74, 6) is -0.557. The van der Waals surface area contributed by atoms with Crippen molar-refractivity contribution in [3.8, 4) is 0 Å².